The van der Waals surface area contributed by atoms with Crippen LogP contribution in [0, 0.1) is 5.92 Å². The summed E-state index contributed by atoms with van der Waals surface area (Å²) in [4.78, 5) is 29.1. The van der Waals surface area contributed by atoms with Crippen LogP contribution in [0.1, 0.15) is 43.0 Å². The van der Waals surface area contributed by atoms with Crippen LogP contribution < -0.4 is 14.8 Å². The molecule has 0 spiro atoms. The summed E-state index contributed by atoms with van der Waals surface area (Å²) < 4.78 is 10.7. The van der Waals surface area contributed by atoms with Gasteiger partial charge in [-0.3, -0.25) is 9.59 Å². The summed E-state index contributed by atoms with van der Waals surface area (Å²) in [6, 6.07) is 21.3. The second-order valence-electron chi connectivity index (χ2n) is 9.30. The van der Waals surface area contributed by atoms with E-state index in [1.165, 1.54) is 0 Å². The molecule has 0 fully saturated rings. The molecule has 0 unspecified atom stereocenters. The van der Waals surface area contributed by atoms with Gasteiger partial charge < -0.3 is 19.7 Å². The lowest BCUT2D eigenvalue weighted by Crippen LogP contribution is -2.44. The summed E-state index contributed by atoms with van der Waals surface area (Å²) in [6.07, 6.45) is 0.945. The Morgan fingerprint density at radius 1 is 0.892 bits per heavy atom. The number of methoxy groups -OCH3 is 2. The molecule has 0 aromatic heterocycles. The average molecular weight is 523 g/mol. The maximum absolute atomic E-state index is 13.9. The molecule has 1 N–H and O–H groups in total. The van der Waals surface area contributed by atoms with Crippen molar-refractivity contribution in [3.8, 4) is 11.5 Å². The van der Waals surface area contributed by atoms with Gasteiger partial charge in [0.15, 0.2) is 11.5 Å². The SMILES string of the molecule is COc1ccc(CC(=O)N(Cc2ccc(Cl)cc2)[C@H](C(=O)NCCC(C)C)c2ccccc2)cc1OC. The van der Waals surface area contributed by atoms with Crippen LogP contribution in [0.25, 0.3) is 0 Å². The number of amides is 2. The summed E-state index contributed by atoms with van der Waals surface area (Å²) in [5, 5.41) is 3.66. The highest BCUT2D eigenvalue weighted by Crippen LogP contribution is 2.29. The van der Waals surface area contributed by atoms with Crippen LogP contribution in [0.5, 0.6) is 11.5 Å². The van der Waals surface area contributed by atoms with Crippen LogP contribution >= 0.6 is 11.6 Å². The Morgan fingerprint density at radius 3 is 2.16 bits per heavy atom. The predicted molar refractivity (Wildman–Crippen MR) is 147 cm³/mol. The first-order valence-corrected chi connectivity index (χ1v) is 12.8. The van der Waals surface area contributed by atoms with Gasteiger partial charge >= 0.3 is 0 Å². The molecule has 0 aliphatic heterocycles. The first-order chi connectivity index (χ1) is 17.8. The molecule has 0 aliphatic carbocycles. The molecule has 7 heteroatoms. The Morgan fingerprint density at radius 2 is 1.54 bits per heavy atom. The number of benzene rings is 3. The molecular formula is C30H35ClN2O4. The molecule has 1 atom stereocenters. The monoisotopic (exact) mass is 522 g/mol. The van der Waals surface area contributed by atoms with E-state index in [1.807, 2.05) is 48.5 Å². The third kappa shape index (κ3) is 7.99. The van der Waals surface area contributed by atoms with Crippen LogP contribution in [0.15, 0.2) is 72.8 Å². The fourth-order valence-electron chi connectivity index (χ4n) is 4.07. The van der Waals surface area contributed by atoms with E-state index in [4.69, 9.17) is 21.1 Å². The topological polar surface area (TPSA) is 67.9 Å². The zero-order valence-electron chi connectivity index (χ0n) is 21.9. The third-order valence-electron chi connectivity index (χ3n) is 6.09. The van der Waals surface area contributed by atoms with Crippen molar-refractivity contribution in [1.82, 2.24) is 10.2 Å². The fourth-order valence-corrected chi connectivity index (χ4v) is 4.19. The van der Waals surface area contributed by atoms with Gasteiger partial charge in [-0.1, -0.05) is 74.0 Å². The van der Waals surface area contributed by atoms with Crippen molar-refractivity contribution < 1.29 is 19.1 Å². The number of halogens is 1. The molecule has 37 heavy (non-hydrogen) atoms. The molecule has 6 nitrogen and oxygen atoms in total. The number of hydrogen-bond acceptors (Lipinski definition) is 4. The molecule has 196 valence electrons. The normalized spacial score (nSPS) is 11.6. The van der Waals surface area contributed by atoms with E-state index < -0.39 is 6.04 Å². The van der Waals surface area contributed by atoms with E-state index in [0.29, 0.717) is 29.0 Å². The van der Waals surface area contributed by atoms with Crippen molar-refractivity contribution >= 4 is 23.4 Å². The van der Waals surface area contributed by atoms with Gasteiger partial charge in [0.2, 0.25) is 11.8 Å². The Kier molecular flexibility index (Phi) is 10.4. The maximum atomic E-state index is 13.9. The van der Waals surface area contributed by atoms with Crippen LogP contribution in [0.3, 0.4) is 0 Å². The van der Waals surface area contributed by atoms with Crippen LogP contribution in [0.2, 0.25) is 5.02 Å². The number of ether oxygens (including phenoxy) is 2. The summed E-state index contributed by atoms with van der Waals surface area (Å²) in [7, 11) is 3.13. The largest absolute Gasteiger partial charge is 0.493 e. The minimum absolute atomic E-state index is 0.0938. The maximum Gasteiger partial charge on any atom is 0.247 e. The van der Waals surface area contributed by atoms with Gasteiger partial charge in [0.1, 0.15) is 6.04 Å². The number of hydrogen-bond donors (Lipinski definition) is 1. The van der Waals surface area contributed by atoms with E-state index in [1.54, 1.807) is 43.4 Å². The fraction of sp³-hybridized carbons (Fsp3) is 0.333. The molecule has 2 amide bonds. The molecule has 0 bridgehead atoms. The lowest BCUT2D eigenvalue weighted by Gasteiger charge is -2.32. The Labute approximate surface area is 224 Å². The molecule has 3 aromatic rings. The second-order valence-corrected chi connectivity index (χ2v) is 9.74. The Hall–Kier alpha value is -3.51. The van der Waals surface area contributed by atoms with Crippen molar-refractivity contribution in [2.75, 3.05) is 20.8 Å². The van der Waals surface area contributed by atoms with E-state index in [9.17, 15) is 9.59 Å². The zero-order chi connectivity index (χ0) is 26.8. The minimum Gasteiger partial charge on any atom is -0.493 e. The zero-order valence-corrected chi connectivity index (χ0v) is 22.6. The summed E-state index contributed by atoms with van der Waals surface area (Å²) in [5.41, 5.74) is 2.39. The molecule has 3 rings (SSSR count). The first kappa shape index (κ1) is 28.1. The van der Waals surface area contributed by atoms with Gasteiger partial charge in [-0.25, -0.2) is 0 Å². The van der Waals surface area contributed by atoms with E-state index in [2.05, 4.69) is 19.2 Å². The third-order valence-corrected chi connectivity index (χ3v) is 6.34. The summed E-state index contributed by atoms with van der Waals surface area (Å²) in [6.45, 7) is 5.01. The van der Waals surface area contributed by atoms with Gasteiger partial charge in [-0.15, -0.1) is 0 Å². The van der Waals surface area contributed by atoms with Crippen molar-refractivity contribution in [3.63, 3.8) is 0 Å². The highest BCUT2D eigenvalue weighted by Gasteiger charge is 2.31. The van der Waals surface area contributed by atoms with E-state index >= 15 is 0 Å². The number of carbonyl (C=O) groups excluding carboxylic acids is 2. The van der Waals surface area contributed by atoms with Crippen LogP contribution in [-0.2, 0) is 22.6 Å². The van der Waals surface area contributed by atoms with E-state index in [0.717, 1.165) is 23.1 Å². The highest BCUT2D eigenvalue weighted by atomic mass is 35.5. The van der Waals surface area contributed by atoms with Crippen LogP contribution in [-0.4, -0.2) is 37.5 Å². The lowest BCUT2D eigenvalue weighted by molar-refractivity contribution is -0.141. The van der Waals surface area contributed by atoms with Gasteiger partial charge in [0.05, 0.1) is 20.6 Å². The smallest absolute Gasteiger partial charge is 0.247 e. The Balaban J connectivity index is 1.98. The van der Waals surface area contributed by atoms with Crippen molar-refractivity contribution in [3.05, 3.63) is 94.5 Å². The number of rotatable bonds is 12. The second kappa shape index (κ2) is 13.7. The van der Waals surface area contributed by atoms with Gasteiger partial charge in [0, 0.05) is 18.1 Å². The van der Waals surface area contributed by atoms with Crippen molar-refractivity contribution in [2.24, 2.45) is 5.92 Å². The molecule has 0 saturated carbocycles. The van der Waals surface area contributed by atoms with Gasteiger partial charge in [-0.05, 0) is 53.3 Å². The molecule has 0 aliphatic rings. The quantitative estimate of drug-likeness (QED) is 0.325. The predicted octanol–water partition coefficient (Wildman–Crippen LogP) is 5.83. The lowest BCUT2D eigenvalue weighted by atomic mass is 10.0. The Bertz CT molecular complexity index is 1170. The van der Waals surface area contributed by atoms with Crippen LogP contribution in [0.4, 0.5) is 0 Å². The molecular weight excluding hydrogens is 488 g/mol. The molecule has 0 heterocycles. The average Bonchev–Trinajstić information content (AvgIpc) is 2.89. The highest BCUT2D eigenvalue weighted by molar-refractivity contribution is 6.30. The summed E-state index contributed by atoms with van der Waals surface area (Å²) >= 11 is 6.10. The van der Waals surface area contributed by atoms with Gasteiger partial charge in [-0.2, -0.15) is 0 Å². The number of nitrogens with zero attached hydrogens (tertiary/aromatic N) is 1. The molecule has 0 saturated heterocycles. The summed E-state index contributed by atoms with van der Waals surface area (Å²) in [5.74, 6) is 1.19. The van der Waals surface area contributed by atoms with E-state index in [-0.39, 0.29) is 24.8 Å². The standard InChI is InChI=1S/C30H35ClN2O4/c1-21(2)16-17-32-30(35)29(24-8-6-5-7-9-24)33(20-22-10-13-25(31)14-11-22)28(34)19-23-12-15-26(36-3)27(18-23)37-4/h5-15,18,21,29H,16-17,19-20H2,1-4H3,(H,32,35)/t29-/m0/s1. The van der Waals surface area contributed by atoms with Gasteiger partial charge in [0.25, 0.3) is 0 Å². The minimum atomic E-state index is -0.795. The first-order valence-electron chi connectivity index (χ1n) is 12.4. The molecule has 3 aromatic carbocycles. The number of carbonyl (C=O) groups is 2. The molecule has 0 radical (unpaired) electrons. The van der Waals surface area contributed by atoms with Crippen molar-refractivity contribution in [2.45, 2.75) is 39.3 Å². The number of nitrogens with one attached hydrogen (secondary N) is 1. The van der Waals surface area contributed by atoms with Crippen molar-refractivity contribution in [1.29, 1.82) is 0 Å².